The molecule has 0 saturated heterocycles. The summed E-state index contributed by atoms with van der Waals surface area (Å²) in [7, 11) is 0. The van der Waals surface area contributed by atoms with Crippen LogP contribution in [-0.4, -0.2) is 37.8 Å². The van der Waals surface area contributed by atoms with Crippen molar-refractivity contribution < 1.29 is 14.3 Å². The molecule has 1 aromatic carbocycles. The molecule has 0 N–H and O–H groups in total. The lowest BCUT2D eigenvalue weighted by molar-refractivity contribution is -0.145. The van der Waals surface area contributed by atoms with E-state index in [1.807, 2.05) is 80.6 Å². The first-order valence-electron chi connectivity index (χ1n) is 9.68. The number of aryl methyl sites for hydroxylation is 1. The fraction of sp³-hybridized carbons (Fsp3) is 0.348. The third kappa shape index (κ3) is 4.65. The Morgan fingerprint density at radius 1 is 1.10 bits per heavy atom. The van der Waals surface area contributed by atoms with Gasteiger partial charge in [0.1, 0.15) is 5.65 Å². The minimum Gasteiger partial charge on any atom is -0.448 e. The van der Waals surface area contributed by atoms with Crippen LogP contribution in [0.25, 0.3) is 5.65 Å². The number of aromatic nitrogens is 2. The number of esters is 1. The first kappa shape index (κ1) is 20.6. The van der Waals surface area contributed by atoms with Crippen molar-refractivity contribution in [3.63, 3.8) is 0 Å². The van der Waals surface area contributed by atoms with Gasteiger partial charge >= 0.3 is 5.97 Å². The zero-order chi connectivity index (χ0) is 21.2. The Bertz CT molecular complexity index is 1020. The number of rotatable bonds is 5. The molecule has 0 fully saturated rings. The molecular formula is C23H27N3O3. The van der Waals surface area contributed by atoms with Crippen LogP contribution < -0.4 is 0 Å². The van der Waals surface area contributed by atoms with Gasteiger partial charge in [0.05, 0.1) is 0 Å². The molecule has 0 saturated carbocycles. The largest absolute Gasteiger partial charge is 0.448 e. The molecule has 2 heterocycles. The van der Waals surface area contributed by atoms with Gasteiger partial charge in [-0.15, -0.1) is 0 Å². The highest BCUT2D eigenvalue weighted by Crippen LogP contribution is 2.20. The Kier molecular flexibility index (Phi) is 5.73. The van der Waals surface area contributed by atoms with Crippen molar-refractivity contribution >= 4 is 17.5 Å². The van der Waals surface area contributed by atoms with Crippen molar-refractivity contribution in [1.29, 1.82) is 0 Å². The summed E-state index contributed by atoms with van der Waals surface area (Å²) in [6.45, 7) is 9.87. The zero-order valence-electron chi connectivity index (χ0n) is 17.5. The molecule has 1 atom stereocenters. The lowest BCUT2D eigenvalue weighted by atomic mass is 10.0. The second-order valence-corrected chi connectivity index (χ2v) is 8.15. The molecule has 0 aliphatic carbocycles. The molecule has 0 aliphatic heterocycles. The molecule has 2 aromatic heterocycles. The van der Waals surface area contributed by atoms with E-state index in [1.165, 1.54) is 0 Å². The molecule has 152 valence electrons. The Balaban J connectivity index is 1.76. The van der Waals surface area contributed by atoms with E-state index in [1.54, 1.807) is 18.0 Å². The maximum atomic E-state index is 13.1. The van der Waals surface area contributed by atoms with Crippen LogP contribution in [0.15, 0.2) is 54.7 Å². The van der Waals surface area contributed by atoms with Gasteiger partial charge in [-0.05, 0) is 52.3 Å². The predicted octanol–water partition coefficient (Wildman–Crippen LogP) is 4.02. The number of hydrogen-bond acceptors (Lipinski definition) is 4. The third-order valence-corrected chi connectivity index (χ3v) is 4.80. The number of ether oxygens (including phenoxy) is 1. The molecule has 6 nitrogen and oxygen atoms in total. The van der Waals surface area contributed by atoms with Crippen LogP contribution in [0.2, 0.25) is 0 Å². The summed E-state index contributed by atoms with van der Waals surface area (Å²) in [6.07, 6.45) is 0.715. The second-order valence-electron chi connectivity index (χ2n) is 8.15. The summed E-state index contributed by atoms with van der Waals surface area (Å²) in [5, 5.41) is 0. The minimum absolute atomic E-state index is 0.185. The van der Waals surface area contributed by atoms with Gasteiger partial charge in [0.25, 0.3) is 5.91 Å². The molecule has 0 aliphatic rings. The average molecular weight is 393 g/mol. The van der Waals surface area contributed by atoms with E-state index < -0.39 is 17.6 Å². The van der Waals surface area contributed by atoms with E-state index in [0.29, 0.717) is 12.2 Å². The van der Waals surface area contributed by atoms with Gasteiger partial charge < -0.3 is 14.0 Å². The molecule has 0 bridgehead atoms. The average Bonchev–Trinajstić information content (AvgIpc) is 3.11. The molecule has 1 amide bonds. The van der Waals surface area contributed by atoms with Crippen LogP contribution in [-0.2, 0) is 16.1 Å². The number of imidazole rings is 1. The highest BCUT2D eigenvalue weighted by atomic mass is 16.5. The van der Waals surface area contributed by atoms with Crippen molar-refractivity contribution in [1.82, 2.24) is 14.3 Å². The summed E-state index contributed by atoms with van der Waals surface area (Å²) in [6, 6.07) is 15.4. The van der Waals surface area contributed by atoms with Crippen molar-refractivity contribution in [2.24, 2.45) is 0 Å². The van der Waals surface area contributed by atoms with Crippen LogP contribution >= 0.6 is 0 Å². The van der Waals surface area contributed by atoms with Gasteiger partial charge in [0, 0.05) is 24.0 Å². The summed E-state index contributed by atoms with van der Waals surface area (Å²) in [5.74, 6) is -0.850. The lowest BCUT2D eigenvalue weighted by Gasteiger charge is -2.37. The fourth-order valence-corrected chi connectivity index (χ4v) is 3.15. The number of benzene rings is 1. The quantitative estimate of drug-likeness (QED) is 0.614. The summed E-state index contributed by atoms with van der Waals surface area (Å²) >= 11 is 0. The predicted molar refractivity (Wildman–Crippen MR) is 112 cm³/mol. The van der Waals surface area contributed by atoms with Crippen LogP contribution in [0.1, 0.15) is 49.4 Å². The Labute approximate surface area is 171 Å². The summed E-state index contributed by atoms with van der Waals surface area (Å²) in [5.41, 5.74) is 2.40. The highest BCUT2D eigenvalue weighted by Gasteiger charge is 2.32. The number of fused-ring (bicyclic) bond motifs is 1. The molecule has 0 unspecified atom stereocenters. The smallest absolute Gasteiger partial charge is 0.359 e. The van der Waals surface area contributed by atoms with Crippen LogP contribution in [0.5, 0.6) is 0 Å². The van der Waals surface area contributed by atoms with Crippen LogP contribution in [0.4, 0.5) is 0 Å². The lowest BCUT2D eigenvalue weighted by Crippen LogP contribution is -2.49. The SMILES string of the molecule is Cc1cccc2nc(C(=O)O[C@H](C)C(=O)N(Cc3ccccc3)C(C)(C)C)cn12. The highest BCUT2D eigenvalue weighted by molar-refractivity contribution is 5.91. The first-order valence-corrected chi connectivity index (χ1v) is 9.68. The van der Waals surface area contributed by atoms with Crippen LogP contribution in [0, 0.1) is 6.92 Å². The maximum absolute atomic E-state index is 13.1. The molecule has 29 heavy (non-hydrogen) atoms. The Morgan fingerprint density at radius 2 is 1.79 bits per heavy atom. The van der Waals surface area contributed by atoms with Crippen LogP contribution in [0.3, 0.4) is 0 Å². The summed E-state index contributed by atoms with van der Waals surface area (Å²) < 4.78 is 7.29. The van der Waals surface area contributed by atoms with E-state index in [2.05, 4.69) is 4.98 Å². The molecule has 6 heteroatoms. The first-order chi connectivity index (χ1) is 13.7. The van der Waals surface area contributed by atoms with Crippen molar-refractivity contribution in [2.75, 3.05) is 0 Å². The Morgan fingerprint density at radius 3 is 2.41 bits per heavy atom. The molecule has 3 aromatic rings. The van der Waals surface area contributed by atoms with E-state index in [-0.39, 0.29) is 11.6 Å². The van der Waals surface area contributed by atoms with Crippen molar-refractivity contribution in [2.45, 2.75) is 52.8 Å². The number of nitrogens with zero attached hydrogens (tertiary/aromatic N) is 3. The zero-order valence-corrected chi connectivity index (χ0v) is 17.5. The normalized spacial score (nSPS) is 12.6. The molecule has 0 radical (unpaired) electrons. The van der Waals surface area contributed by atoms with Gasteiger partial charge in [-0.1, -0.05) is 36.4 Å². The van der Waals surface area contributed by atoms with Gasteiger partial charge in [-0.3, -0.25) is 4.79 Å². The fourth-order valence-electron chi connectivity index (χ4n) is 3.15. The van der Waals surface area contributed by atoms with E-state index in [9.17, 15) is 9.59 Å². The van der Waals surface area contributed by atoms with Gasteiger partial charge in [0.2, 0.25) is 0 Å². The maximum Gasteiger partial charge on any atom is 0.359 e. The number of hydrogen-bond donors (Lipinski definition) is 0. The van der Waals surface area contributed by atoms with E-state index in [4.69, 9.17) is 4.74 Å². The molecule has 3 rings (SSSR count). The number of carbonyl (C=O) groups excluding carboxylic acids is 2. The standard InChI is InChI=1S/C23H27N3O3/c1-16-10-9-13-20-24-19(15-25(16)20)22(28)29-17(2)21(27)26(23(3,4)5)14-18-11-7-6-8-12-18/h6-13,15,17H,14H2,1-5H3/t17-/m1/s1. The third-order valence-electron chi connectivity index (χ3n) is 4.80. The van der Waals surface area contributed by atoms with Gasteiger partial charge in [-0.2, -0.15) is 0 Å². The van der Waals surface area contributed by atoms with Crippen molar-refractivity contribution in [3.8, 4) is 0 Å². The second kappa shape index (κ2) is 8.07. The van der Waals surface area contributed by atoms with E-state index in [0.717, 1.165) is 11.3 Å². The number of pyridine rings is 1. The minimum atomic E-state index is -0.920. The van der Waals surface area contributed by atoms with Crippen molar-refractivity contribution in [3.05, 3.63) is 71.7 Å². The van der Waals surface area contributed by atoms with Gasteiger partial charge in [-0.25, -0.2) is 9.78 Å². The van der Waals surface area contributed by atoms with Gasteiger partial charge in [0.15, 0.2) is 11.8 Å². The van der Waals surface area contributed by atoms with E-state index >= 15 is 0 Å². The Hall–Kier alpha value is -3.15. The molecule has 0 spiro atoms. The monoisotopic (exact) mass is 393 g/mol. The molecular weight excluding hydrogens is 366 g/mol. The number of amides is 1. The summed E-state index contributed by atoms with van der Waals surface area (Å²) in [4.78, 5) is 31.8. The topological polar surface area (TPSA) is 63.9 Å². The number of carbonyl (C=O) groups is 2.